The van der Waals surface area contributed by atoms with Gasteiger partial charge in [-0.3, -0.25) is 4.90 Å². The minimum Gasteiger partial charge on any atom is -0.446 e. The van der Waals surface area contributed by atoms with E-state index in [1.807, 2.05) is 6.92 Å². The van der Waals surface area contributed by atoms with E-state index in [-0.39, 0.29) is 42.1 Å². The van der Waals surface area contributed by atoms with E-state index in [0.29, 0.717) is 25.1 Å². The molecule has 0 radical (unpaired) electrons. The predicted molar refractivity (Wildman–Crippen MR) is 158 cm³/mol. The van der Waals surface area contributed by atoms with Crippen LogP contribution in [-0.2, 0) is 36.4 Å². The summed E-state index contributed by atoms with van der Waals surface area (Å²) in [4.78, 5) is 19.0. The Kier molecular flexibility index (Phi) is 9.35. The molecule has 1 saturated carbocycles. The number of fused-ring (bicyclic) bond motifs is 1. The van der Waals surface area contributed by atoms with E-state index in [1.165, 1.54) is 14.6 Å². The zero-order valence-corrected chi connectivity index (χ0v) is 27.1. The second-order valence-corrected chi connectivity index (χ2v) is 13.0. The number of hydrogen-bond acceptors (Lipinski definition) is 7. The Labute approximate surface area is 275 Å². The minimum atomic E-state index is -5.14. The maximum atomic E-state index is 14.1. The Hall–Kier alpha value is -4.09. The number of benzene rings is 2. The van der Waals surface area contributed by atoms with Crippen molar-refractivity contribution in [2.45, 2.75) is 82.9 Å². The number of tetrazole rings is 1. The van der Waals surface area contributed by atoms with Crippen LogP contribution in [0.25, 0.3) is 0 Å². The highest BCUT2D eigenvalue weighted by Crippen LogP contribution is 2.60. The summed E-state index contributed by atoms with van der Waals surface area (Å²) in [6, 6.07) is 2.71. The molecular formula is C31H34F9N7O2. The number of carbonyl (C=O) groups is 1. The molecule has 0 saturated heterocycles. The highest BCUT2D eigenvalue weighted by Gasteiger charge is 2.62. The van der Waals surface area contributed by atoms with Crippen LogP contribution >= 0.6 is 0 Å². The lowest BCUT2D eigenvalue weighted by Gasteiger charge is -2.45. The van der Waals surface area contributed by atoms with Crippen LogP contribution in [0, 0.1) is 5.92 Å². The molecule has 3 atom stereocenters. The van der Waals surface area contributed by atoms with E-state index in [9.17, 15) is 44.3 Å². The summed E-state index contributed by atoms with van der Waals surface area (Å²) in [6.45, 7) is 5.01. The van der Waals surface area contributed by atoms with E-state index < -0.39 is 71.1 Å². The fraction of sp³-hybridized carbons (Fsp3) is 0.548. The number of nitrogens with zero attached hydrogens (tertiary/aromatic N) is 7. The SMILES string of the molecule is CC(C)OC(=O)N1c2ccc(C(F)(F)F)cc2[C@@H](N(Cc2cc(C(F)(F)F)cc(C(F)(F)F)c2)c2nnn(CCN(C)C)n2)C[C@@]12C[C@@H]2C. The largest absolute Gasteiger partial charge is 0.446 e. The molecule has 1 aliphatic heterocycles. The number of amides is 1. The van der Waals surface area contributed by atoms with Crippen LogP contribution in [0.4, 0.5) is 55.9 Å². The molecule has 1 amide bonds. The van der Waals surface area contributed by atoms with Gasteiger partial charge in [-0.2, -0.15) is 44.3 Å². The quantitative estimate of drug-likeness (QED) is 0.224. The summed E-state index contributed by atoms with van der Waals surface area (Å²) < 4.78 is 131. The van der Waals surface area contributed by atoms with E-state index in [1.54, 1.807) is 32.8 Å². The summed E-state index contributed by atoms with van der Waals surface area (Å²) in [6.07, 6.45) is -16.1. The van der Waals surface area contributed by atoms with Crippen molar-refractivity contribution >= 4 is 17.7 Å². The number of halogens is 9. The third kappa shape index (κ3) is 7.57. The van der Waals surface area contributed by atoms with Crippen LogP contribution < -0.4 is 9.80 Å². The highest BCUT2D eigenvalue weighted by molar-refractivity contribution is 5.93. The van der Waals surface area contributed by atoms with Crippen molar-refractivity contribution in [2.75, 3.05) is 30.4 Å². The second kappa shape index (κ2) is 12.7. The topological polar surface area (TPSA) is 79.6 Å². The van der Waals surface area contributed by atoms with Gasteiger partial charge >= 0.3 is 24.6 Å². The van der Waals surface area contributed by atoms with Crippen LogP contribution in [0.15, 0.2) is 36.4 Å². The van der Waals surface area contributed by atoms with Gasteiger partial charge in [0.1, 0.15) is 0 Å². The van der Waals surface area contributed by atoms with Gasteiger partial charge in [0.2, 0.25) is 0 Å². The Morgan fingerprint density at radius 2 is 1.53 bits per heavy atom. The van der Waals surface area contributed by atoms with Gasteiger partial charge in [0.15, 0.2) is 0 Å². The minimum absolute atomic E-state index is 0.00573. The molecule has 18 heteroatoms. The zero-order valence-electron chi connectivity index (χ0n) is 27.1. The van der Waals surface area contributed by atoms with Gasteiger partial charge in [-0.1, -0.05) is 12.0 Å². The van der Waals surface area contributed by atoms with Gasteiger partial charge in [-0.05, 0) is 99.4 Å². The fourth-order valence-corrected chi connectivity index (χ4v) is 6.22. The van der Waals surface area contributed by atoms with Gasteiger partial charge in [0.25, 0.3) is 5.95 Å². The van der Waals surface area contributed by atoms with Crippen LogP contribution in [0.1, 0.15) is 67.5 Å². The van der Waals surface area contributed by atoms with Crippen molar-refractivity contribution in [2.24, 2.45) is 5.92 Å². The van der Waals surface area contributed by atoms with Crippen LogP contribution in [0.3, 0.4) is 0 Å². The normalized spacial score (nSPS) is 21.0. The molecule has 49 heavy (non-hydrogen) atoms. The summed E-state index contributed by atoms with van der Waals surface area (Å²) in [5.74, 6) is -0.430. The first-order chi connectivity index (χ1) is 22.6. The molecular weight excluding hydrogens is 673 g/mol. The molecule has 0 bridgehead atoms. The maximum Gasteiger partial charge on any atom is 0.416 e. The van der Waals surface area contributed by atoms with E-state index in [4.69, 9.17) is 4.74 Å². The molecule has 0 N–H and O–H groups in total. The summed E-state index contributed by atoms with van der Waals surface area (Å²) in [5, 5.41) is 12.4. The molecule has 2 heterocycles. The number of anilines is 2. The number of ether oxygens (including phenoxy) is 1. The van der Waals surface area contributed by atoms with Gasteiger partial charge in [-0.15, -0.1) is 5.10 Å². The number of hydrogen-bond donors (Lipinski definition) is 0. The molecule has 268 valence electrons. The second-order valence-electron chi connectivity index (χ2n) is 13.0. The number of rotatable bonds is 8. The molecule has 3 aromatic rings. The molecule has 9 nitrogen and oxygen atoms in total. The first-order valence-electron chi connectivity index (χ1n) is 15.3. The molecule has 2 aliphatic rings. The smallest absolute Gasteiger partial charge is 0.416 e. The van der Waals surface area contributed by atoms with Crippen LogP contribution in [0.2, 0.25) is 0 Å². The van der Waals surface area contributed by atoms with Crippen molar-refractivity contribution in [1.82, 2.24) is 25.1 Å². The monoisotopic (exact) mass is 707 g/mol. The Balaban J connectivity index is 1.71. The van der Waals surface area contributed by atoms with Gasteiger partial charge in [0.05, 0.1) is 46.6 Å². The average Bonchev–Trinajstić information content (AvgIpc) is 3.36. The van der Waals surface area contributed by atoms with Crippen molar-refractivity contribution in [3.05, 3.63) is 64.2 Å². The standard InChI is InChI=1S/C31H34F9N7O2/c1-17(2)49-27(48)47-24-7-6-20(29(32,33)34)13-23(24)25(15-28(47)14-18(28)3)45(26-41-43-46(42-26)9-8-44(4)5)16-19-10-21(30(35,36)37)12-22(11-19)31(38,39)40/h6-7,10-13,17-18,25H,8-9,14-16H2,1-5H3/t18-,25-,28+/m0/s1. The lowest BCUT2D eigenvalue weighted by molar-refractivity contribution is -0.143. The molecule has 1 aromatic heterocycles. The third-order valence-corrected chi connectivity index (χ3v) is 8.71. The van der Waals surface area contributed by atoms with Crippen molar-refractivity contribution in [3.8, 4) is 0 Å². The lowest BCUT2D eigenvalue weighted by Crippen LogP contribution is -2.51. The number of alkyl halides is 9. The molecule has 1 aliphatic carbocycles. The van der Waals surface area contributed by atoms with Crippen LogP contribution in [-0.4, -0.2) is 63.5 Å². The average molecular weight is 708 g/mol. The highest BCUT2D eigenvalue weighted by atomic mass is 19.4. The van der Waals surface area contributed by atoms with Crippen molar-refractivity contribution < 1.29 is 49.0 Å². The summed E-state index contributed by atoms with van der Waals surface area (Å²) in [5.41, 5.74) is -5.63. The number of aromatic nitrogens is 4. The van der Waals surface area contributed by atoms with Gasteiger partial charge < -0.3 is 14.5 Å². The van der Waals surface area contributed by atoms with E-state index >= 15 is 0 Å². The van der Waals surface area contributed by atoms with E-state index in [2.05, 4.69) is 15.4 Å². The Bertz CT molecular complexity index is 1650. The Morgan fingerprint density at radius 3 is 2.04 bits per heavy atom. The summed E-state index contributed by atoms with van der Waals surface area (Å²) in [7, 11) is 3.55. The predicted octanol–water partition coefficient (Wildman–Crippen LogP) is 7.57. The summed E-state index contributed by atoms with van der Waals surface area (Å²) >= 11 is 0. The third-order valence-electron chi connectivity index (χ3n) is 8.71. The first-order valence-corrected chi connectivity index (χ1v) is 15.3. The van der Waals surface area contributed by atoms with Crippen molar-refractivity contribution in [3.63, 3.8) is 0 Å². The zero-order chi connectivity index (χ0) is 36.3. The fourth-order valence-electron chi connectivity index (χ4n) is 6.22. The van der Waals surface area contributed by atoms with Gasteiger partial charge in [0, 0.05) is 13.1 Å². The lowest BCUT2D eigenvalue weighted by atomic mass is 9.86. The number of likely N-dealkylation sites (N-methyl/N-ethyl adjacent to an activating group) is 1. The maximum absolute atomic E-state index is 14.1. The molecule has 5 rings (SSSR count). The molecule has 1 spiro atoms. The van der Waals surface area contributed by atoms with Crippen LogP contribution in [0.5, 0.6) is 0 Å². The first kappa shape index (κ1) is 36.2. The number of carbonyl (C=O) groups excluding carboxylic acids is 1. The van der Waals surface area contributed by atoms with E-state index in [0.717, 1.165) is 18.2 Å². The Morgan fingerprint density at radius 1 is 0.939 bits per heavy atom. The van der Waals surface area contributed by atoms with Crippen molar-refractivity contribution in [1.29, 1.82) is 0 Å². The molecule has 1 fully saturated rings. The van der Waals surface area contributed by atoms with Gasteiger partial charge in [-0.25, -0.2) is 4.79 Å². The molecule has 0 unspecified atom stereocenters. The molecule has 2 aromatic carbocycles.